The maximum Gasteiger partial charge on any atom is 0.251 e. The molecule has 2 aromatic carbocycles. The largest absolute Gasteiger partial charge is 0.493 e. The molecule has 1 amide bonds. The summed E-state index contributed by atoms with van der Waals surface area (Å²) in [4.78, 5) is 12.9. The summed E-state index contributed by atoms with van der Waals surface area (Å²) >= 11 is 0. The lowest BCUT2D eigenvalue weighted by atomic mass is 10.1. The van der Waals surface area contributed by atoms with Gasteiger partial charge in [-0.2, -0.15) is 4.31 Å². The van der Waals surface area contributed by atoms with Crippen molar-refractivity contribution in [2.45, 2.75) is 31.2 Å². The monoisotopic (exact) mass is 418 g/mol. The summed E-state index contributed by atoms with van der Waals surface area (Å²) in [5, 5.41) is 2.85. The summed E-state index contributed by atoms with van der Waals surface area (Å²) in [6.45, 7) is 3.12. The van der Waals surface area contributed by atoms with Gasteiger partial charge >= 0.3 is 0 Å². The zero-order chi connectivity index (χ0) is 21.0. The van der Waals surface area contributed by atoms with E-state index in [1.165, 1.54) is 10.4 Å². The van der Waals surface area contributed by atoms with Gasteiger partial charge in [0.25, 0.3) is 5.91 Å². The summed E-state index contributed by atoms with van der Waals surface area (Å²) in [6, 6.07) is 10.1. The van der Waals surface area contributed by atoms with E-state index in [0.717, 1.165) is 24.0 Å². The van der Waals surface area contributed by atoms with E-state index in [1.54, 1.807) is 45.4 Å². The summed E-state index contributed by atoms with van der Waals surface area (Å²) in [6.07, 6.45) is 1.73. The summed E-state index contributed by atoms with van der Waals surface area (Å²) in [7, 11) is -0.460. The van der Waals surface area contributed by atoms with E-state index in [-0.39, 0.29) is 17.3 Å². The number of carbonyl (C=O) groups excluding carboxylic acids is 1. The van der Waals surface area contributed by atoms with Gasteiger partial charge in [0.2, 0.25) is 10.0 Å². The Morgan fingerprint density at radius 1 is 1.03 bits per heavy atom. The number of sulfonamides is 1. The minimum absolute atomic E-state index is 0.154. The predicted molar refractivity (Wildman–Crippen MR) is 110 cm³/mol. The molecule has 7 nitrogen and oxygen atoms in total. The molecule has 0 bridgehead atoms. The standard InChI is InChI=1S/C21H26N2O5S/c1-15-6-8-17(29(25,26)23-10-4-5-11-23)13-18(15)21(24)22-14-16-7-9-19(27-2)20(12-16)28-3/h6-9,12-13H,4-5,10-11,14H2,1-3H3,(H,22,24). The Morgan fingerprint density at radius 2 is 1.72 bits per heavy atom. The van der Waals surface area contributed by atoms with Gasteiger partial charge in [-0.1, -0.05) is 12.1 Å². The third-order valence-corrected chi connectivity index (χ3v) is 6.95. The van der Waals surface area contributed by atoms with Crippen LogP contribution in [0.5, 0.6) is 11.5 Å². The van der Waals surface area contributed by atoms with Gasteiger partial charge in [-0.05, 0) is 55.2 Å². The van der Waals surface area contributed by atoms with Crippen molar-refractivity contribution in [3.05, 3.63) is 53.1 Å². The molecule has 1 saturated heterocycles. The quantitative estimate of drug-likeness (QED) is 0.747. The van der Waals surface area contributed by atoms with Crippen molar-refractivity contribution in [3.63, 3.8) is 0 Å². The van der Waals surface area contributed by atoms with Crippen LogP contribution in [-0.4, -0.2) is 45.9 Å². The Morgan fingerprint density at radius 3 is 2.38 bits per heavy atom. The molecule has 2 aromatic rings. The Bertz CT molecular complexity index is 998. The van der Waals surface area contributed by atoms with E-state index >= 15 is 0 Å². The fourth-order valence-electron chi connectivity index (χ4n) is 3.35. The molecule has 0 unspecified atom stereocenters. The van der Waals surface area contributed by atoms with Gasteiger partial charge in [0.15, 0.2) is 11.5 Å². The Balaban J connectivity index is 1.77. The van der Waals surface area contributed by atoms with Gasteiger partial charge in [-0.25, -0.2) is 8.42 Å². The van der Waals surface area contributed by atoms with E-state index in [9.17, 15) is 13.2 Å². The highest BCUT2D eigenvalue weighted by atomic mass is 32.2. The van der Waals surface area contributed by atoms with Crippen molar-refractivity contribution < 1.29 is 22.7 Å². The van der Waals surface area contributed by atoms with Crippen LogP contribution in [0.15, 0.2) is 41.3 Å². The van der Waals surface area contributed by atoms with Gasteiger partial charge in [-0.15, -0.1) is 0 Å². The molecule has 0 spiro atoms. The zero-order valence-electron chi connectivity index (χ0n) is 16.9. The van der Waals surface area contributed by atoms with Crippen LogP contribution in [0.2, 0.25) is 0 Å². The smallest absolute Gasteiger partial charge is 0.251 e. The van der Waals surface area contributed by atoms with Crippen molar-refractivity contribution in [2.24, 2.45) is 0 Å². The molecule has 1 aliphatic rings. The van der Waals surface area contributed by atoms with Gasteiger partial charge in [0.1, 0.15) is 0 Å². The minimum Gasteiger partial charge on any atom is -0.493 e. The molecule has 1 fully saturated rings. The number of nitrogens with zero attached hydrogens (tertiary/aromatic N) is 1. The third-order valence-electron chi connectivity index (χ3n) is 5.06. The molecule has 8 heteroatoms. The molecule has 29 heavy (non-hydrogen) atoms. The molecule has 156 valence electrons. The van der Waals surface area contributed by atoms with Crippen LogP contribution in [0, 0.1) is 6.92 Å². The molecular formula is C21H26N2O5S. The van der Waals surface area contributed by atoms with Crippen molar-refractivity contribution in [2.75, 3.05) is 27.3 Å². The van der Waals surface area contributed by atoms with Crippen LogP contribution < -0.4 is 14.8 Å². The number of rotatable bonds is 7. The first-order chi connectivity index (χ1) is 13.9. The SMILES string of the molecule is COc1ccc(CNC(=O)c2cc(S(=O)(=O)N3CCCC3)ccc2C)cc1OC. The van der Waals surface area contributed by atoms with E-state index in [0.29, 0.717) is 30.2 Å². The lowest BCUT2D eigenvalue weighted by Gasteiger charge is -2.17. The Labute approximate surface area is 171 Å². The van der Waals surface area contributed by atoms with Gasteiger partial charge < -0.3 is 14.8 Å². The molecule has 0 radical (unpaired) electrons. The maximum absolute atomic E-state index is 12.8. The molecular weight excluding hydrogens is 392 g/mol. The highest BCUT2D eigenvalue weighted by Crippen LogP contribution is 2.27. The zero-order valence-corrected chi connectivity index (χ0v) is 17.7. The number of benzene rings is 2. The van der Waals surface area contributed by atoms with Crippen molar-refractivity contribution in [3.8, 4) is 11.5 Å². The topological polar surface area (TPSA) is 84.9 Å². The van der Waals surface area contributed by atoms with Crippen molar-refractivity contribution in [1.82, 2.24) is 9.62 Å². The number of nitrogens with one attached hydrogen (secondary N) is 1. The molecule has 1 N–H and O–H groups in total. The molecule has 1 heterocycles. The van der Waals surface area contributed by atoms with Crippen molar-refractivity contribution >= 4 is 15.9 Å². The second kappa shape index (κ2) is 8.84. The number of ether oxygens (including phenoxy) is 2. The normalized spacial score (nSPS) is 14.6. The first-order valence-corrected chi connectivity index (χ1v) is 10.9. The molecule has 1 aliphatic heterocycles. The highest BCUT2D eigenvalue weighted by Gasteiger charge is 2.28. The first-order valence-electron chi connectivity index (χ1n) is 9.46. The van der Waals surface area contributed by atoms with Crippen LogP contribution in [0.25, 0.3) is 0 Å². The molecule has 3 rings (SSSR count). The summed E-state index contributed by atoms with van der Waals surface area (Å²) in [5.41, 5.74) is 1.91. The molecule has 0 aromatic heterocycles. The number of methoxy groups -OCH3 is 2. The number of carbonyl (C=O) groups is 1. The lowest BCUT2D eigenvalue weighted by Crippen LogP contribution is -2.29. The van der Waals surface area contributed by atoms with E-state index in [2.05, 4.69) is 5.32 Å². The van der Waals surface area contributed by atoms with E-state index < -0.39 is 10.0 Å². The maximum atomic E-state index is 12.8. The second-order valence-corrected chi connectivity index (χ2v) is 8.90. The van der Waals surface area contributed by atoms with Gasteiger partial charge in [0.05, 0.1) is 19.1 Å². The average molecular weight is 419 g/mol. The molecule has 0 saturated carbocycles. The van der Waals surface area contributed by atoms with Crippen LogP contribution in [-0.2, 0) is 16.6 Å². The summed E-state index contributed by atoms with van der Waals surface area (Å²) < 4.78 is 37.6. The van der Waals surface area contributed by atoms with Crippen LogP contribution in [0.3, 0.4) is 0 Å². The Kier molecular flexibility index (Phi) is 6.44. The predicted octanol–water partition coefficient (Wildman–Crippen LogP) is 2.73. The number of aryl methyl sites for hydroxylation is 1. The van der Waals surface area contributed by atoms with Crippen LogP contribution >= 0.6 is 0 Å². The average Bonchev–Trinajstić information content (AvgIpc) is 3.27. The van der Waals surface area contributed by atoms with Crippen LogP contribution in [0.4, 0.5) is 0 Å². The fourth-order valence-corrected chi connectivity index (χ4v) is 4.90. The minimum atomic E-state index is -3.57. The first kappa shape index (κ1) is 21.1. The van der Waals surface area contributed by atoms with Gasteiger partial charge in [-0.3, -0.25) is 4.79 Å². The molecule has 0 atom stereocenters. The van der Waals surface area contributed by atoms with Crippen molar-refractivity contribution in [1.29, 1.82) is 0 Å². The van der Waals surface area contributed by atoms with Crippen LogP contribution in [0.1, 0.15) is 34.3 Å². The number of hydrogen-bond donors (Lipinski definition) is 1. The highest BCUT2D eigenvalue weighted by molar-refractivity contribution is 7.89. The molecule has 0 aliphatic carbocycles. The van der Waals surface area contributed by atoms with E-state index in [1.807, 2.05) is 6.07 Å². The summed E-state index contributed by atoms with van der Waals surface area (Å²) in [5.74, 6) is 0.864. The Hall–Kier alpha value is -2.58. The third kappa shape index (κ3) is 4.54. The van der Waals surface area contributed by atoms with Gasteiger partial charge in [0, 0.05) is 25.2 Å². The number of amides is 1. The fraction of sp³-hybridized carbons (Fsp3) is 0.381. The lowest BCUT2D eigenvalue weighted by molar-refractivity contribution is 0.0950. The van der Waals surface area contributed by atoms with E-state index in [4.69, 9.17) is 9.47 Å². The number of hydrogen-bond acceptors (Lipinski definition) is 5. The second-order valence-electron chi connectivity index (χ2n) is 6.96.